The largest absolute Gasteiger partial charge is 0.398 e. The SMILES string of the molecule is CC(C)(Nc1ccc(N)c(C(N)=O)c1)C1CC1. The number of carbonyl (C=O) groups is 1. The van der Waals surface area contributed by atoms with Crippen molar-refractivity contribution in [1.82, 2.24) is 0 Å². The van der Waals surface area contributed by atoms with Crippen molar-refractivity contribution < 1.29 is 4.79 Å². The number of anilines is 2. The highest BCUT2D eigenvalue weighted by Gasteiger charge is 2.37. The maximum absolute atomic E-state index is 11.2. The number of nitrogens with one attached hydrogen (secondary N) is 1. The summed E-state index contributed by atoms with van der Waals surface area (Å²) in [6.07, 6.45) is 2.52. The molecule has 0 aromatic heterocycles. The van der Waals surface area contributed by atoms with E-state index >= 15 is 0 Å². The third kappa shape index (κ3) is 2.52. The lowest BCUT2D eigenvalue weighted by Gasteiger charge is -2.27. The molecule has 0 heterocycles. The fourth-order valence-corrected chi connectivity index (χ4v) is 2.13. The van der Waals surface area contributed by atoms with Crippen molar-refractivity contribution in [3.05, 3.63) is 23.8 Å². The van der Waals surface area contributed by atoms with Crippen LogP contribution in [0.1, 0.15) is 37.0 Å². The fourth-order valence-electron chi connectivity index (χ4n) is 2.13. The molecule has 0 unspecified atom stereocenters. The molecule has 1 aromatic rings. The van der Waals surface area contributed by atoms with Gasteiger partial charge in [0.1, 0.15) is 0 Å². The number of rotatable bonds is 4. The molecule has 0 atom stereocenters. The Hall–Kier alpha value is -1.71. The van der Waals surface area contributed by atoms with Crippen LogP contribution in [0.15, 0.2) is 18.2 Å². The molecular formula is C13H19N3O. The zero-order valence-electron chi connectivity index (χ0n) is 10.3. The minimum atomic E-state index is -0.490. The first-order valence-corrected chi connectivity index (χ1v) is 5.87. The summed E-state index contributed by atoms with van der Waals surface area (Å²) in [4.78, 5) is 11.2. The summed E-state index contributed by atoms with van der Waals surface area (Å²) in [6, 6.07) is 5.32. The molecule has 4 heteroatoms. The minimum Gasteiger partial charge on any atom is -0.398 e. The molecule has 92 valence electrons. The molecule has 5 N–H and O–H groups in total. The minimum absolute atomic E-state index is 0.0467. The second-order valence-electron chi connectivity index (χ2n) is 5.29. The van der Waals surface area contributed by atoms with Crippen molar-refractivity contribution in [2.45, 2.75) is 32.2 Å². The Labute approximate surface area is 101 Å². The van der Waals surface area contributed by atoms with Crippen molar-refractivity contribution in [2.75, 3.05) is 11.1 Å². The number of hydrogen-bond acceptors (Lipinski definition) is 3. The van der Waals surface area contributed by atoms with Gasteiger partial charge >= 0.3 is 0 Å². The second kappa shape index (κ2) is 3.95. The molecule has 0 saturated heterocycles. The summed E-state index contributed by atoms with van der Waals surface area (Å²) in [5.41, 5.74) is 12.7. The maximum atomic E-state index is 11.2. The summed E-state index contributed by atoms with van der Waals surface area (Å²) in [5.74, 6) is 0.215. The fraction of sp³-hybridized carbons (Fsp3) is 0.462. The highest BCUT2D eigenvalue weighted by molar-refractivity contribution is 5.98. The van der Waals surface area contributed by atoms with E-state index < -0.39 is 5.91 Å². The van der Waals surface area contributed by atoms with Crippen LogP contribution in [0.25, 0.3) is 0 Å². The maximum Gasteiger partial charge on any atom is 0.250 e. The van der Waals surface area contributed by atoms with Crippen molar-refractivity contribution in [1.29, 1.82) is 0 Å². The Morgan fingerprint density at radius 3 is 2.59 bits per heavy atom. The Morgan fingerprint density at radius 2 is 2.06 bits per heavy atom. The summed E-state index contributed by atoms with van der Waals surface area (Å²) < 4.78 is 0. The molecule has 1 aromatic carbocycles. The van der Waals surface area contributed by atoms with E-state index in [0.717, 1.165) is 5.69 Å². The van der Waals surface area contributed by atoms with Crippen LogP contribution in [0.4, 0.5) is 11.4 Å². The van der Waals surface area contributed by atoms with Crippen LogP contribution in [-0.2, 0) is 0 Å². The number of nitrogens with two attached hydrogens (primary N) is 2. The van der Waals surface area contributed by atoms with Gasteiger partial charge < -0.3 is 16.8 Å². The normalized spacial score (nSPS) is 15.6. The Balaban J connectivity index is 2.21. The summed E-state index contributed by atoms with van der Waals surface area (Å²) in [6.45, 7) is 4.34. The molecule has 4 nitrogen and oxygen atoms in total. The van der Waals surface area contributed by atoms with Gasteiger partial charge in [-0.15, -0.1) is 0 Å². The summed E-state index contributed by atoms with van der Waals surface area (Å²) in [7, 11) is 0. The number of carbonyl (C=O) groups excluding carboxylic acids is 1. The third-order valence-corrected chi connectivity index (χ3v) is 3.38. The van der Waals surface area contributed by atoms with Gasteiger partial charge in [0, 0.05) is 16.9 Å². The van der Waals surface area contributed by atoms with Crippen LogP contribution < -0.4 is 16.8 Å². The molecule has 0 bridgehead atoms. The zero-order chi connectivity index (χ0) is 12.6. The molecule has 0 radical (unpaired) electrons. The molecule has 1 aliphatic carbocycles. The standard InChI is InChI=1S/C13H19N3O/c1-13(2,8-3-4-8)16-9-5-6-11(14)10(7-9)12(15)17/h5-8,16H,3-4,14H2,1-2H3,(H2,15,17). The lowest BCUT2D eigenvalue weighted by Crippen LogP contribution is -2.33. The molecule has 0 aliphatic heterocycles. The number of hydrogen-bond donors (Lipinski definition) is 3. The van der Waals surface area contributed by atoms with Gasteiger partial charge in [-0.05, 0) is 50.8 Å². The molecule has 1 aliphatic rings. The molecule has 1 saturated carbocycles. The van der Waals surface area contributed by atoms with Gasteiger partial charge in [0.05, 0.1) is 5.56 Å². The predicted molar refractivity (Wildman–Crippen MR) is 69.8 cm³/mol. The molecule has 0 spiro atoms. The topological polar surface area (TPSA) is 81.1 Å². The Kier molecular flexibility index (Phi) is 2.73. The number of benzene rings is 1. The monoisotopic (exact) mass is 233 g/mol. The molecule has 1 amide bonds. The van der Waals surface area contributed by atoms with E-state index in [-0.39, 0.29) is 5.54 Å². The van der Waals surface area contributed by atoms with Crippen LogP contribution in [0.5, 0.6) is 0 Å². The Bertz CT molecular complexity index is 450. The molecule has 2 rings (SSSR count). The first-order valence-electron chi connectivity index (χ1n) is 5.87. The van der Waals surface area contributed by atoms with Crippen molar-refractivity contribution >= 4 is 17.3 Å². The van der Waals surface area contributed by atoms with E-state index in [0.29, 0.717) is 17.2 Å². The van der Waals surface area contributed by atoms with Gasteiger partial charge in [-0.2, -0.15) is 0 Å². The quantitative estimate of drug-likeness (QED) is 0.695. The average molecular weight is 233 g/mol. The van der Waals surface area contributed by atoms with Gasteiger partial charge in [-0.25, -0.2) is 0 Å². The van der Waals surface area contributed by atoms with Crippen molar-refractivity contribution in [3.63, 3.8) is 0 Å². The van der Waals surface area contributed by atoms with E-state index in [4.69, 9.17) is 11.5 Å². The van der Waals surface area contributed by atoms with E-state index in [2.05, 4.69) is 19.2 Å². The number of amides is 1. The lowest BCUT2D eigenvalue weighted by atomic mass is 9.98. The van der Waals surface area contributed by atoms with Crippen LogP contribution in [0.3, 0.4) is 0 Å². The van der Waals surface area contributed by atoms with Crippen LogP contribution in [0.2, 0.25) is 0 Å². The molecular weight excluding hydrogens is 214 g/mol. The Morgan fingerprint density at radius 1 is 1.41 bits per heavy atom. The third-order valence-electron chi connectivity index (χ3n) is 3.38. The van der Waals surface area contributed by atoms with Gasteiger partial charge in [0.15, 0.2) is 0 Å². The van der Waals surface area contributed by atoms with Crippen molar-refractivity contribution in [3.8, 4) is 0 Å². The number of primary amides is 1. The average Bonchev–Trinajstić information content (AvgIpc) is 3.03. The summed E-state index contributed by atoms with van der Waals surface area (Å²) >= 11 is 0. The lowest BCUT2D eigenvalue weighted by molar-refractivity contribution is 0.100. The first kappa shape index (κ1) is 11.8. The molecule has 17 heavy (non-hydrogen) atoms. The van der Waals surface area contributed by atoms with Crippen LogP contribution in [0, 0.1) is 5.92 Å². The van der Waals surface area contributed by atoms with Gasteiger partial charge in [0.25, 0.3) is 5.91 Å². The van der Waals surface area contributed by atoms with Gasteiger partial charge in [-0.3, -0.25) is 4.79 Å². The van der Waals surface area contributed by atoms with E-state index in [1.165, 1.54) is 12.8 Å². The second-order valence-corrected chi connectivity index (χ2v) is 5.29. The van der Waals surface area contributed by atoms with E-state index in [1.807, 2.05) is 6.07 Å². The van der Waals surface area contributed by atoms with E-state index in [9.17, 15) is 4.79 Å². The van der Waals surface area contributed by atoms with Crippen LogP contribution >= 0.6 is 0 Å². The predicted octanol–water partition coefficient (Wildman–Crippen LogP) is 1.97. The van der Waals surface area contributed by atoms with E-state index in [1.54, 1.807) is 12.1 Å². The molecule has 1 fully saturated rings. The summed E-state index contributed by atoms with van der Waals surface area (Å²) in [5, 5.41) is 3.44. The van der Waals surface area contributed by atoms with Gasteiger partial charge in [-0.1, -0.05) is 0 Å². The zero-order valence-corrected chi connectivity index (χ0v) is 10.3. The first-order chi connectivity index (χ1) is 7.90. The number of nitrogen functional groups attached to an aromatic ring is 1. The smallest absolute Gasteiger partial charge is 0.250 e. The highest BCUT2D eigenvalue weighted by Crippen LogP contribution is 2.41. The van der Waals surface area contributed by atoms with Crippen molar-refractivity contribution in [2.24, 2.45) is 11.7 Å². The van der Waals surface area contributed by atoms with Crippen LogP contribution in [-0.4, -0.2) is 11.4 Å². The van der Waals surface area contributed by atoms with Gasteiger partial charge in [0.2, 0.25) is 0 Å². The highest BCUT2D eigenvalue weighted by atomic mass is 16.1.